The first kappa shape index (κ1) is 24.5. The van der Waals surface area contributed by atoms with Crippen LogP contribution in [-0.2, 0) is 26.0 Å². The van der Waals surface area contributed by atoms with Crippen molar-refractivity contribution in [2.75, 3.05) is 40.5 Å². The summed E-state index contributed by atoms with van der Waals surface area (Å²) in [5.74, 6) is 0.148. The largest absolute Gasteiger partial charge is 0.493 e. The zero-order valence-corrected chi connectivity index (χ0v) is 19.3. The molecule has 3 rings (SSSR count). The van der Waals surface area contributed by atoms with E-state index in [1.54, 1.807) is 19.2 Å². The van der Waals surface area contributed by atoms with Gasteiger partial charge in [-0.05, 0) is 42.3 Å². The second kappa shape index (κ2) is 11.1. The van der Waals surface area contributed by atoms with Gasteiger partial charge >= 0.3 is 0 Å². The molecule has 0 bridgehead atoms. The highest BCUT2D eigenvalue weighted by atomic mass is 32.2. The van der Waals surface area contributed by atoms with E-state index in [9.17, 15) is 18.0 Å². The Morgan fingerprint density at radius 3 is 2.42 bits per heavy atom. The molecule has 1 fully saturated rings. The second-order valence-corrected chi connectivity index (χ2v) is 9.17. The van der Waals surface area contributed by atoms with Crippen molar-refractivity contribution in [2.24, 2.45) is 0 Å². The van der Waals surface area contributed by atoms with Gasteiger partial charge in [-0.2, -0.15) is 4.31 Å². The molecule has 0 spiro atoms. The first-order chi connectivity index (χ1) is 15.8. The SMILES string of the molecule is COc1ccc(CCC(=O)NNC(=O)c2cccc(S(=O)(=O)N3CCOCC3)c2)cc1OC. The summed E-state index contributed by atoms with van der Waals surface area (Å²) in [4.78, 5) is 24.6. The number of amides is 2. The smallest absolute Gasteiger partial charge is 0.269 e. The van der Waals surface area contributed by atoms with Gasteiger partial charge in [0.15, 0.2) is 11.5 Å². The lowest BCUT2D eigenvalue weighted by Crippen LogP contribution is -2.42. The zero-order chi connectivity index (χ0) is 23.8. The van der Waals surface area contributed by atoms with Crippen LogP contribution in [0.4, 0.5) is 0 Å². The van der Waals surface area contributed by atoms with Crippen LogP contribution in [0.2, 0.25) is 0 Å². The molecule has 0 saturated carbocycles. The topological polar surface area (TPSA) is 123 Å². The number of aryl methyl sites for hydroxylation is 1. The number of hydrazine groups is 1. The van der Waals surface area contributed by atoms with Crippen LogP contribution in [0, 0.1) is 0 Å². The lowest BCUT2D eigenvalue weighted by Gasteiger charge is -2.26. The lowest BCUT2D eigenvalue weighted by atomic mass is 10.1. The van der Waals surface area contributed by atoms with Crippen molar-refractivity contribution in [3.63, 3.8) is 0 Å². The van der Waals surface area contributed by atoms with Crippen LogP contribution in [-0.4, -0.2) is 65.1 Å². The van der Waals surface area contributed by atoms with Gasteiger partial charge in [-0.15, -0.1) is 0 Å². The Balaban J connectivity index is 1.55. The summed E-state index contributed by atoms with van der Waals surface area (Å²) >= 11 is 0. The molecule has 1 aliphatic rings. The number of nitrogens with one attached hydrogen (secondary N) is 2. The van der Waals surface area contributed by atoms with Crippen LogP contribution >= 0.6 is 0 Å². The molecular formula is C22H27N3O7S. The normalized spacial score (nSPS) is 14.4. The molecule has 0 aliphatic carbocycles. The van der Waals surface area contributed by atoms with Crippen molar-refractivity contribution in [3.8, 4) is 11.5 Å². The van der Waals surface area contributed by atoms with Crippen LogP contribution in [0.25, 0.3) is 0 Å². The molecular weight excluding hydrogens is 450 g/mol. The Labute approximate surface area is 192 Å². The average Bonchev–Trinajstić information content (AvgIpc) is 2.86. The van der Waals surface area contributed by atoms with E-state index in [-0.39, 0.29) is 30.0 Å². The highest BCUT2D eigenvalue weighted by Gasteiger charge is 2.26. The highest BCUT2D eigenvalue weighted by Crippen LogP contribution is 2.28. The molecule has 0 radical (unpaired) electrons. The van der Waals surface area contributed by atoms with E-state index in [0.29, 0.717) is 31.1 Å². The molecule has 0 unspecified atom stereocenters. The van der Waals surface area contributed by atoms with Gasteiger partial charge in [0.05, 0.1) is 32.3 Å². The fourth-order valence-corrected chi connectivity index (χ4v) is 4.74. The average molecular weight is 478 g/mol. The van der Waals surface area contributed by atoms with Crippen LogP contribution in [0.1, 0.15) is 22.3 Å². The van der Waals surface area contributed by atoms with E-state index in [1.807, 2.05) is 6.07 Å². The summed E-state index contributed by atoms with van der Waals surface area (Å²) in [7, 11) is -0.657. The van der Waals surface area contributed by atoms with Gasteiger partial charge in [0.1, 0.15) is 0 Å². The number of ether oxygens (including phenoxy) is 3. The molecule has 2 aromatic carbocycles. The number of carbonyl (C=O) groups is 2. The molecule has 1 saturated heterocycles. The molecule has 2 amide bonds. The van der Waals surface area contributed by atoms with Crippen LogP contribution < -0.4 is 20.3 Å². The van der Waals surface area contributed by atoms with Crippen molar-refractivity contribution in [3.05, 3.63) is 53.6 Å². The van der Waals surface area contributed by atoms with Crippen LogP contribution in [0.3, 0.4) is 0 Å². The Morgan fingerprint density at radius 2 is 1.73 bits per heavy atom. The maximum absolute atomic E-state index is 12.8. The first-order valence-electron chi connectivity index (χ1n) is 10.3. The van der Waals surface area contributed by atoms with Crippen LogP contribution in [0.15, 0.2) is 47.4 Å². The summed E-state index contributed by atoms with van der Waals surface area (Å²) in [5.41, 5.74) is 5.66. The number of hydrogen-bond donors (Lipinski definition) is 2. The minimum absolute atomic E-state index is 0.0110. The molecule has 1 aliphatic heterocycles. The number of benzene rings is 2. The van der Waals surface area contributed by atoms with Gasteiger partial charge < -0.3 is 14.2 Å². The number of nitrogens with zero attached hydrogens (tertiary/aromatic N) is 1. The molecule has 0 atom stereocenters. The maximum atomic E-state index is 12.8. The molecule has 11 heteroatoms. The third-order valence-corrected chi connectivity index (χ3v) is 7.00. The molecule has 1 heterocycles. The fourth-order valence-electron chi connectivity index (χ4n) is 3.29. The van der Waals surface area contributed by atoms with Crippen molar-refractivity contribution in [1.82, 2.24) is 15.2 Å². The van der Waals surface area contributed by atoms with E-state index in [1.165, 1.54) is 35.7 Å². The third-order valence-electron chi connectivity index (χ3n) is 5.11. The first-order valence-corrected chi connectivity index (χ1v) is 11.8. The summed E-state index contributed by atoms with van der Waals surface area (Å²) in [6, 6.07) is 11.0. The summed E-state index contributed by atoms with van der Waals surface area (Å²) < 4.78 is 42.5. The number of sulfonamides is 1. The van der Waals surface area contributed by atoms with E-state index in [0.717, 1.165) is 5.56 Å². The predicted octanol–water partition coefficient (Wildman–Crippen LogP) is 1.12. The van der Waals surface area contributed by atoms with E-state index in [2.05, 4.69) is 10.9 Å². The Kier molecular flexibility index (Phi) is 8.26. The fraction of sp³-hybridized carbons (Fsp3) is 0.364. The molecule has 2 N–H and O–H groups in total. The number of carbonyl (C=O) groups excluding carboxylic acids is 2. The molecule has 2 aromatic rings. The lowest BCUT2D eigenvalue weighted by molar-refractivity contribution is -0.121. The Bertz CT molecular complexity index is 1100. The monoisotopic (exact) mass is 477 g/mol. The maximum Gasteiger partial charge on any atom is 0.269 e. The zero-order valence-electron chi connectivity index (χ0n) is 18.5. The van der Waals surface area contributed by atoms with Crippen molar-refractivity contribution in [1.29, 1.82) is 0 Å². The van der Waals surface area contributed by atoms with Crippen molar-refractivity contribution in [2.45, 2.75) is 17.7 Å². The van der Waals surface area contributed by atoms with E-state index < -0.39 is 21.8 Å². The van der Waals surface area contributed by atoms with Gasteiger partial charge in [-0.3, -0.25) is 20.4 Å². The third kappa shape index (κ3) is 6.21. The minimum atomic E-state index is -3.73. The number of methoxy groups -OCH3 is 2. The van der Waals surface area contributed by atoms with Gasteiger partial charge in [0.25, 0.3) is 5.91 Å². The van der Waals surface area contributed by atoms with Gasteiger partial charge in [0, 0.05) is 25.1 Å². The Morgan fingerprint density at radius 1 is 1.00 bits per heavy atom. The number of rotatable bonds is 8. The summed E-state index contributed by atoms with van der Waals surface area (Å²) in [6.07, 6.45) is 0.552. The Hall–Kier alpha value is -3.15. The minimum Gasteiger partial charge on any atom is -0.493 e. The van der Waals surface area contributed by atoms with Crippen LogP contribution in [0.5, 0.6) is 11.5 Å². The standard InChI is InChI=1S/C22H27N3O7S/c1-30-19-8-6-16(14-20(19)31-2)7-9-21(26)23-24-22(27)17-4-3-5-18(15-17)33(28,29)25-10-12-32-13-11-25/h3-6,8,14-15H,7,9-13H2,1-2H3,(H,23,26)(H,24,27). The van der Waals surface area contributed by atoms with E-state index in [4.69, 9.17) is 14.2 Å². The molecule has 33 heavy (non-hydrogen) atoms. The quantitative estimate of drug-likeness (QED) is 0.546. The molecule has 10 nitrogen and oxygen atoms in total. The molecule has 0 aromatic heterocycles. The van der Waals surface area contributed by atoms with E-state index >= 15 is 0 Å². The second-order valence-electron chi connectivity index (χ2n) is 7.24. The number of hydrogen-bond acceptors (Lipinski definition) is 7. The predicted molar refractivity (Wildman–Crippen MR) is 119 cm³/mol. The van der Waals surface area contributed by atoms with Gasteiger partial charge in [-0.1, -0.05) is 12.1 Å². The van der Waals surface area contributed by atoms with Gasteiger partial charge in [-0.25, -0.2) is 8.42 Å². The summed E-state index contributed by atoms with van der Waals surface area (Å²) in [5, 5.41) is 0. The summed E-state index contributed by atoms with van der Waals surface area (Å²) in [6.45, 7) is 1.17. The highest BCUT2D eigenvalue weighted by molar-refractivity contribution is 7.89. The van der Waals surface area contributed by atoms with Crippen molar-refractivity contribution < 1.29 is 32.2 Å². The molecule has 178 valence electrons. The van der Waals surface area contributed by atoms with Crippen molar-refractivity contribution >= 4 is 21.8 Å². The number of morpholine rings is 1. The van der Waals surface area contributed by atoms with Gasteiger partial charge in [0.2, 0.25) is 15.9 Å².